The van der Waals surface area contributed by atoms with Crippen molar-refractivity contribution >= 4 is 29.2 Å². The normalized spacial score (nSPS) is 20.9. The molecule has 1 saturated heterocycles. The third kappa shape index (κ3) is 1.78. The zero-order chi connectivity index (χ0) is 13.8. The SMILES string of the molecule is Cc1cc(CN2C(=O)NC(=O)C3(CC3)C2=O)sc1C. The van der Waals surface area contributed by atoms with Crippen LogP contribution in [0.25, 0.3) is 0 Å². The molecule has 0 atom stereocenters. The Morgan fingerprint density at radius 2 is 2.00 bits per heavy atom. The quantitative estimate of drug-likeness (QED) is 0.838. The van der Waals surface area contributed by atoms with Crippen LogP contribution in [0.3, 0.4) is 0 Å². The Morgan fingerprint density at radius 1 is 1.32 bits per heavy atom. The van der Waals surface area contributed by atoms with Gasteiger partial charge in [-0.05, 0) is 38.3 Å². The molecule has 1 aliphatic carbocycles. The summed E-state index contributed by atoms with van der Waals surface area (Å²) in [6.45, 7) is 4.26. The Labute approximate surface area is 114 Å². The highest BCUT2D eigenvalue weighted by molar-refractivity contribution is 7.12. The van der Waals surface area contributed by atoms with Gasteiger partial charge in [-0.3, -0.25) is 19.8 Å². The average molecular weight is 278 g/mol. The summed E-state index contributed by atoms with van der Waals surface area (Å²) in [4.78, 5) is 39.1. The van der Waals surface area contributed by atoms with Gasteiger partial charge in [0.2, 0.25) is 11.8 Å². The van der Waals surface area contributed by atoms with Gasteiger partial charge >= 0.3 is 6.03 Å². The zero-order valence-electron chi connectivity index (χ0n) is 10.8. The summed E-state index contributed by atoms with van der Waals surface area (Å²) in [5, 5.41) is 2.29. The predicted octanol–water partition coefficient (Wildman–Crippen LogP) is 1.72. The summed E-state index contributed by atoms with van der Waals surface area (Å²) < 4.78 is 0. The number of thiophene rings is 1. The molecule has 6 heteroatoms. The minimum atomic E-state index is -0.949. The number of hydrogen-bond acceptors (Lipinski definition) is 4. The molecule has 0 unspecified atom stereocenters. The van der Waals surface area contributed by atoms with E-state index in [1.165, 1.54) is 9.78 Å². The summed E-state index contributed by atoms with van der Waals surface area (Å²) in [5.41, 5.74) is 0.206. The predicted molar refractivity (Wildman–Crippen MR) is 69.5 cm³/mol. The smallest absolute Gasteiger partial charge is 0.277 e. The van der Waals surface area contributed by atoms with Crippen molar-refractivity contribution in [1.82, 2.24) is 10.2 Å². The molecule has 3 rings (SSSR count). The Bertz CT molecular complexity index is 582. The molecular formula is C13H14N2O3S. The van der Waals surface area contributed by atoms with Crippen molar-refractivity contribution in [2.45, 2.75) is 33.2 Å². The van der Waals surface area contributed by atoms with Crippen molar-refractivity contribution in [2.75, 3.05) is 0 Å². The first-order chi connectivity index (χ1) is 8.94. The molecule has 1 saturated carbocycles. The van der Waals surface area contributed by atoms with Crippen LogP contribution in [0.15, 0.2) is 6.07 Å². The number of nitrogens with zero attached hydrogens (tertiary/aromatic N) is 1. The fourth-order valence-corrected chi connectivity index (χ4v) is 3.37. The fourth-order valence-electron chi connectivity index (χ4n) is 2.32. The highest BCUT2D eigenvalue weighted by Gasteiger charge is 2.62. The molecule has 0 bridgehead atoms. The number of carbonyl (C=O) groups is 3. The van der Waals surface area contributed by atoms with Gasteiger partial charge in [0.05, 0.1) is 6.54 Å². The topological polar surface area (TPSA) is 66.5 Å². The lowest BCUT2D eigenvalue weighted by Gasteiger charge is -2.29. The van der Waals surface area contributed by atoms with Crippen LogP contribution in [0, 0.1) is 19.3 Å². The highest BCUT2D eigenvalue weighted by Crippen LogP contribution is 2.49. The maximum Gasteiger partial charge on any atom is 0.331 e. The number of barbiturate groups is 1. The second-order valence-corrected chi connectivity index (χ2v) is 6.53. The van der Waals surface area contributed by atoms with E-state index in [0.717, 1.165) is 10.4 Å². The van der Waals surface area contributed by atoms with Crippen LogP contribution in [-0.4, -0.2) is 22.7 Å². The van der Waals surface area contributed by atoms with E-state index in [4.69, 9.17) is 0 Å². The first-order valence-corrected chi connectivity index (χ1v) is 6.99. The number of nitrogens with one attached hydrogen (secondary N) is 1. The van der Waals surface area contributed by atoms with Crippen molar-refractivity contribution in [3.63, 3.8) is 0 Å². The number of imide groups is 2. The summed E-state index contributed by atoms with van der Waals surface area (Å²) >= 11 is 1.57. The van der Waals surface area contributed by atoms with Crippen molar-refractivity contribution < 1.29 is 14.4 Å². The van der Waals surface area contributed by atoms with Crippen molar-refractivity contribution in [1.29, 1.82) is 0 Å². The zero-order valence-corrected chi connectivity index (χ0v) is 11.6. The van der Waals surface area contributed by atoms with Crippen LogP contribution in [0.5, 0.6) is 0 Å². The van der Waals surface area contributed by atoms with E-state index < -0.39 is 17.4 Å². The third-order valence-corrected chi connectivity index (χ3v) is 4.97. The third-order valence-electron chi connectivity index (χ3n) is 3.84. The maximum absolute atomic E-state index is 12.3. The van der Waals surface area contributed by atoms with E-state index in [1.54, 1.807) is 11.3 Å². The Morgan fingerprint density at radius 3 is 2.53 bits per heavy atom. The van der Waals surface area contributed by atoms with Gasteiger partial charge < -0.3 is 0 Å². The van der Waals surface area contributed by atoms with Gasteiger partial charge in [0.25, 0.3) is 0 Å². The van der Waals surface area contributed by atoms with Gasteiger partial charge in [-0.25, -0.2) is 4.79 Å². The minimum Gasteiger partial charge on any atom is -0.277 e. The summed E-state index contributed by atoms with van der Waals surface area (Å²) in [6, 6.07) is 1.38. The second-order valence-electron chi connectivity index (χ2n) is 5.18. The first kappa shape index (κ1) is 12.3. The number of hydrogen-bond donors (Lipinski definition) is 1. The van der Waals surface area contributed by atoms with E-state index in [2.05, 4.69) is 5.32 Å². The van der Waals surface area contributed by atoms with Crippen LogP contribution in [-0.2, 0) is 16.1 Å². The monoisotopic (exact) mass is 278 g/mol. The standard InChI is InChI=1S/C13H14N2O3S/c1-7-5-9(19-8(7)2)6-15-11(17)13(3-4-13)10(16)14-12(15)18/h5H,3-4,6H2,1-2H3,(H,14,16,18). The molecule has 1 aromatic rings. The largest absolute Gasteiger partial charge is 0.331 e. The van der Waals surface area contributed by atoms with Crippen LogP contribution >= 0.6 is 11.3 Å². The Kier molecular flexibility index (Phi) is 2.53. The lowest BCUT2D eigenvalue weighted by molar-refractivity contribution is -0.145. The van der Waals surface area contributed by atoms with Gasteiger partial charge in [0, 0.05) is 9.75 Å². The molecule has 100 valence electrons. The number of urea groups is 1. The fraction of sp³-hybridized carbons (Fsp3) is 0.462. The van der Waals surface area contributed by atoms with Crippen molar-refractivity contribution in [2.24, 2.45) is 5.41 Å². The van der Waals surface area contributed by atoms with Crippen LogP contribution in [0.1, 0.15) is 28.2 Å². The van der Waals surface area contributed by atoms with E-state index in [1.807, 2.05) is 19.9 Å². The summed E-state index contributed by atoms with van der Waals surface area (Å²) in [7, 11) is 0. The van der Waals surface area contributed by atoms with Gasteiger partial charge in [-0.2, -0.15) is 0 Å². The number of carbonyl (C=O) groups excluding carboxylic acids is 3. The van der Waals surface area contributed by atoms with E-state index >= 15 is 0 Å². The van der Waals surface area contributed by atoms with Gasteiger partial charge in [0.1, 0.15) is 5.41 Å². The van der Waals surface area contributed by atoms with Crippen molar-refractivity contribution in [3.05, 3.63) is 21.4 Å². The highest BCUT2D eigenvalue weighted by atomic mass is 32.1. The molecule has 1 aromatic heterocycles. The van der Waals surface area contributed by atoms with E-state index in [9.17, 15) is 14.4 Å². The lowest BCUT2D eigenvalue weighted by atomic mass is 10.0. The first-order valence-electron chi connectivity index (χ1n) is 6.17. The Balaban J connectivity index is 1.85. The molecule has 1 N–H and O–H groups in total. The molecule has 1 aliphatic heterocycles. The summed E-state index contributed by atoms with van der Waals surface area (Å²) in [5.74, 6) is -0.776. The second kappa shape index (κ2) is 3.90. The minimum absolute atomic E-state index is 0.249. The molecule has 2 heterocycles. The molecule has 0 aromatic carbocycles. The van der Waals surface area contributed by atoms with Crippen LogP contribution in [0.4, 0.5) is 4.79 Å². The van der Waals surface area contributed by atoms with Gasteiger partial charge in [0.15, 0.2) is 0 Å². The van der Waals surface area contributed by atoms with Crippen LogP contribution in [0.2, 0.25) is 0 Å². The number of rotatable bonds is 2. The molecule has 2 fully saturated rings. The molecule has 2 aliphatic rings. The molecule has 0 radical (unpaired) electrons. The number of amides is 4. The molecule has 5 nitrogen and oxygen atoms in total. The Hall–Kier alpha value is -1.69. The maximum atomic E-state index is 12.3. The van der Waals surface area contributed by atoms with E-state index in [0.29, 0.717) is 12.8 Å². The van der Waals surface area contributed by atoms with Crippen LogP contribution < -0.4 is 5.32 Å². The average Bonchev–Trinajstić information content (AvgIpc) is 3.08. The molecule has 1 spiro atoms. The molecule has 19 heavy (non-hydrogen) atoms. The summed E-state index contributed by atoms with van der Waals surface area (Å²) in [6.07, 6.45) is 1.09. The lowest BCUT2D eigenvalue weighted by Crippen LogP contribution is -2.58. The van der Waals surface area contributed by atoms with Gasteiger partial charge in [-0.15, -0.1) is 11.3 Å². The van der Waals surface area contributed by atoms with Crippen molar-refractivity contribution in [3.8, 4) is 0 Å². The molecular weight excluding hydrogens is 264 g/mol. The van der Waals surface area contributed by atoms with Gasteiger partial charge in [-0.1, -0.05) is 0 Å². The molecule has 4 amide bonds. The number of aryl methyl sites for hydroxylation is 2. The van der Waals surface area contributed by atoms with E-state index in [-0.39, 0.29) is 12.5 Å².